The van der Waals surface area contributed by atoms with Crippen LogP contribution in [-0.4, -0.2) is 26.1 Å². The summed E-state index contributed by atoms with van der Waals surface area (Å²) in [5.74, 6) is -1.38. The molecule has 1 atom stereocenters. The van der Waals surface area contributed by atoms with Crippen molar-refractivity contribution in [2.24, 2.45) is 5.92 Å². The van der Waals surface area contributed by atoms with Gasteiger partial charge in [-0.25, -0.2) is 0 Å². The molecule has 0 aromatic carbocycles. The number of hydrogen-bond acceptors (Lipinski definition) is 3. The summed E-state index contributed by atoms with van der Waals surface area (Å²) >= 11 is 0. The van der Waals surface area contributed by atoms with Gasteiger partial charge in [0.05, 0.1) is 5.69 Å². The van der Waals surface area contributed by atoms with E-state index in [0.29, 0.717) is 12.2 Å². The van der Waals surface area contributed by atoms with Crippen LogP contribution in [0.3, 0.4) is 0 Å². The zero-order chi connectivity index (χ0) is 10.7. The normalized spacial score (nSPS) is 13.1. The molecule has 0 bridgehead atoms. The Labute approximate surface area is 82.7 Å². The van der Waals surface area contributed by atoms with E-state index in [-0.39, 0.29) is 5.92 Å². The maximum absolute atomic E-state index is 11.0. The second-order valence-electron chi connectivity index (χ2n) is 3.56. The summed E-state index contributed by atoms with van der Waals surface area (Å²) in [6.07, 6.45) is 1.69. The van der Waals surface area contributed by atoms with Crippen LogP contribution in [0.15, 0.2) is 6.20 Å². The Morgan fingerprint density at radius 1 is 1.64 bits per heavy atom. The monoisotopic (exact) mass is 197 g/mol. The summed E-state index contributed by atoms with van der Waals surface area (Å²) in [5, 5.41) is 16.7. The van der Waals surface area contributed by atoms with Crippen molar-refractivity contribution in [3.05, 3.63) is 11.9 Å². The van der Waals surface area contributed by atoms with Crippen LogP contribution in [0.25, 0.3) is 0 Å². The van der Waals surface area contributed by atoms with Gasteiger partial charge >= 0.3 is 5.97 Å². The lowest BCUT2D eigenvalue weighted by atomic mass is 9.93. The third-order valence-electron chi connectivity index (χ3n) is 2.13. The van der Waals surface area contributed by atoms with Crippen LogP contribution in [0, 0.1) is 5.92 Å². The molecule has 1 aromatic rings. The van der Waals surface area contributed by atoms with E-state index in [0.717, 1.165) is 0 Å². The van der Waals surface area contributed by atoms with E-state index < -0.39 is 11.9 Å². The zero-order valence-electron chi connectivity index (χ0n) is 8.64. The second kappa shape index (κ2) is 4.21. The van der Waals surface area contributed by atoms with Crippen molar-refractivity contribution >= 4 is 5.97 Å². The Balaban J connectivity index is 2.93. The molecule has 0 spiro atoms. The fourth-order valence-electron chi connectivity index (χ4n) is 1.36. The Bertz CT molecular complexity index is 320. The molecule has 5 heteroatoms. The van der Waals surface area contributed by atoms with Crippen molar-refractivity contribution < 1.29 is 9.90 Å². The largest absolute Gasteiger partial charge is 0.481 e. The summed E-state index contributed by atoms with van der Waals surface area (Å²) in [7, 11) is 0. The van der Waals surface area contributed by atoms with E-state index >= 15 is 0 Å². The van der Waals surface area contributed by atoms with Crippen LogP contribution >= 0.6 is 0 Å². The van der Waals surface area contributed by atoms with E-state index in [1.807, 2.05) is 20.8 Å². The van der Waals surface area contributed by atoms with Gasteiger partial charge in [0.1, 0.15) is 5.92 Å². The molecule has 0 saturated heterocycles. The fourth-order valence-corrected chi connectivity index (χ4v) is 1.36. The minimum atomic E-state index is -0.844. The lowest BCUT2D eigenvalue weighted by Crippen LogP contribution is -2.17. The molecule has 5 nitrogen and oxygen atoms in total. The third-order valence-corrected chi connectivity index (χ3v) is 2.13. The van der Waals surface area contributed by atoms with E-state index in [1.165, 1.54) is 0 Å². The van der Waals surface area contributed by atoms with Crippen molar-refractivity contribution in [1.82, 2.24) is 15.0 Å². The molecule has 1 rings (SSSR count). The number of aromatic nitrogens is 3. The quantitative estimate of drug-likeness (QED) is 0.785. The van der Waals surface area contributed by atoms with Crippen molar-refractivity contribution in [2.45, 2.75) is 33.2 Å². The molecular formula is C9H15N3O2. The number of hydrogen-bond donors (Lipinski definition) is 1. The first-order valence-corrected chi connectivity index (χ1v) is 4.69. The predicted octanol–water partition coefficient (Wildman–Crippen LogP) is 1.12. The van der Waals surface area contributed by atoms with Crippen molar-refractivity contribution in [3.8, 4) is 0 Å². The third kappa shape index (κ3) is 2.10. The highest BCUT2D eigenvalue weighted by molar-refractivity contribution is 5.75. The van der Waals surface area contributed by atoms with E-state index in [2.05, 4.69) is 10.3 Å². The molecule has 0 aliphatic heterocycles. The second-order valence-corrected chi connectivity index (χ2v) is 3.56. The van der Waals surface area contributed by atoms with Gasteiger partial charge in [-0.05, 0) is 12.8 Å². The summed E-state index contributed by atoms with van der Waals surface area (Å²) in [6.45, 7) is 6.37. The molecule has 0 saturated carbocycles. The molecule has 0 fully saturated rings. The topological polar surface area (TPSA) is 68.0 Å². The van der Waals surface area contributed by atoms with Gasteiger partial charge in [-0.3, -0.25) is 9.48 Å². The van der Waals surface area contributed by atoms with Crippen molar-refractivity contribution in [2.75, 3.05) is 0 Å². The van der Waals surface area contributed by atoms with Gasteiger partial charge in [0.25, 0.3) is 0 Å². The summed E-state index contributed by atoms with van der Waals surface area (Å²) in [6, 6.07) is 0. The van der Waals surface area contributed by atoms with Crippen LogP contribution in [0.4, 0.5) is 0 Å². The van der Waals surface area contributed by atoms with E-state index in [1.54, 1.807) is 10.9 Å². The molecule has 0 amide bonds. The number of carboxylic acids is 1. The minimum absolute atomic E-state index is 0.0227. The highest BCUT2D eigenvalue weighted by Crippen LogP contribution is 2.22. The molecule has 1 heterocycles. The lowest BCUT2D eigenvalue weighted by Gasteiger charge is -2.12. The van der Waals surface area contributed by atoms with Gasteiger partial charge < -0.3 is 5.11 Å². The predicted molar refractivity (Wildman–Crippen MR) is 50.9 cm³/mol. The Hall–Kier alpha value is -1.39. The summed E-state index contributed by atoms with van der Waals surface area (Å²) in [4.78, 5) is 11.0. The van der Waals surface area contributed by atoms with Crippen LogP contribution in [0.2, 0.25) is 0 Å². The van der Waals surface area contributed by atoms with Crippen LogP contribution < -0.4 is 0 Å². The first-order valence-electron chi connectivity index (χ1n) is 4.69. The first-order chi connectivity index (χ1) is 6.56. The van der Waals surface area contributed by atoms with Crippen molar-refractivity contribution in [3.63, 3.8) is 0 Å². The standard InChI is InChI=1S/C9H15N3O2/c1-4-12-5-7(10-11-12)8(6(2)3)9(13)14/h5-6,8H,4H2,1-3H3,(H,13,14). The SMILES string of the molecule is CCn1cc(C(C(=O)O)C(C)C)nn1. The summed E-state index contributed by atoms with van der Waals surface area (Å²) < 4.78 is 1.63. The maximum atomic E-state index is 11.0. The molecule has 14 heavy (non-hydrogen) atoms. The molecule has 0 aliphatic rings. The number of aryl methyl sites for hydroxylation is 1. The number of nitrogens with zero attached hydrogens (tertiary/aromatic N) is 3. The van der Waals surface area contributed by atoms with Gasteiger partial charge in [-0.2, -0.15) is 0 Å². The average molecular weight is 197 g/mol. The Morgan fingerprint density at radius 3 is 2.64 bits per heavy atom. The average Bonchev–Trinajstić information content (AvgIpc) is 2.51. The van der Waals surface area contributed by atoms with Crippen LogP contribution in [-0.2, 0) is 11.3 Å². The molecule has 78 valence electrons. The molecule has 0 radical (unpaired) electrons. The fraction of sp³-hybridized carbons (Fsp3) is 0.667. The highest BCUT2D eigenvalue weighted by Gasteiger charge is 2.26. The molecular weight excluding hydrogens is 182 g/mol. The molecule has 1 unspecified atom stereocenters. The molecule has 1 aromatic heterocycles. The van der Waals surface area contributed by atoms with Gasteiger partial charge in [0.15, 0.2) is 0 Å². The number of carbonyl (C=O) groups is 1. The smallest absolute Gasteiger partial charge is 0.312 e. The van der Waals surface area contributed by atoms with E-state index in [9.17, 15) is 4.79 Å². The van der Waals surface area contributed by atoms with Gasteiger partial charge in [0, 0.05) is 12.7 Å². The van der Waals surface area contributed by atoms with Crippen LogP contribution in [0.5, 0.6) is 0 Å². The number of aliphatic carboxylic acids is 1. The zero-order valence-corrected chi connectivity index (χ0v) is 8.64. The van der Waals surface area contributed by atoms with E-state index in [4.69, 9.17) is 5.11 Å². The molecule has 1 N–H and O–H groups in total. The van der Waals surface area contributed by atoms with Gasteiger partial charge in [0.2, 0.25) is 0 Å². The first kappa shape index (κ1) is 10.7. The maximum Gasteiger partial charge on any atom is 0.312 e. The Morgan fingerprint density at radius 2 is 2.29 bits per heavy atom. The van der Waals surface area contributed by atoms with Gasteiger partial charge in [-0.1, -0.05) is 19.1 Å². The lowest BCUT2D eigenvalue weighted by molar-refractivity contribution is -0.140. The molecule has 0 aliphatic carbocycles. The summed E-state index contributed by atoms with van der Waals surface area (Å²) in [5.41, 5.74) is 0.536. The van der Waals surface area contributed by atoms with Gasteiger partial charge in [-0.15, -0.1) is 5.10 Å². The number of carboxylic acid groups (broad SMARTS) is 1. The van der Waals surface area contributed by atoms with Crippen molar-refractivity contribution in [1.29, 1.82) is 0 Å². The highest BCUT2D eigenvalue weighted by atomic mass is 16.4. The number of rotatable bonds is 4. The van der Waals surface area contributed by atoms with Crippen LogP contribution in [0.1, 0.15) is 32.4 Å². The minimum Gasteiger partial charge on any atom is -0.481 e. The Kier molecular flexibility index (Phi) is 3.22.